The van der Waals surface area contributed by atoms with Crippen LogP contribution in [0.4, 0.5) is 5.82 Å². The summed E-state index contributed by atoms with van der Waals surface area (Å²) in [6.07, 6.45) is 2.74. The molecule has 0 bridgehead atoms. The number of nitrogens with zero attached hydrogens (tertiary/aromatic N) is 2. The van der Waals surface area contributed by atoms with Gasteiger partial charge in [0.25, 0.3) is 5.91 Å². The first-order valence-electron chi connectivity index (χ1n) is 4.60. The zero-order valence-corrected chi connectivity index (χ0v) is 11.0. The molecule has 2 aromatic rings. The Bertz CT molecular complexity index is 553. The van der Waals surface area contributed by atoms with E-state index in [4.69, 9.17) is 23.2 Å². The largest absolute Gasteiger partial charge is 0.305 e. The Morgan fingerprint density at radius 1 is 1.35 bits per heavy atom. The van der Waals surface area contributed by atoms with E-state index >= 15 is 0 Å². The Morgan fingerprint density at radius 2 is 2.12 bits per heavy atom. The van der Waals surface area contributed by atoms with Gasteiger partial charge in [-0.05, 0) is 17.9 Å². The summed E-state index contributed by atoms with van der Waals surface area (Å²) in [6.45, 7) is 1.84. The minimum Gasteiger partial charge on any atom is -0.305 e. The Morgan fingerprint density at radius 3 is 2.65 bits per heavy atom. The van der Waals surface area contributed by atoms with E-state index < -0.39 is 0 Å². The Hall–Kier alpha value is -1.17. The van der Waals surface area contributed by atoms with Crippen LogP contribution >= 0.6 is 34.5 Å². The molecule has 88 valence electrons. The lowest BCUT2D eigenvalue weighted by atomic mass is 10.3. The first-order chi connectivity index (χ1) is 8.08. The molecule has 0 radical (unpaired) electrons. The molecule has 2 rings (SSSR count). The van der Waals surface area contributed by atoms with Gasteiger partial charge in [0.2, 0.25) is 0 Å². The molecule has 1 amide bonds. The summed E-state index contributed by atoms with van der Waals surface area (Å²) in [7, 11) is 0. The molecule has 1 N–H and O–H groups in total. The van der Waals surface area contributed by atoms with Gasteiger partial charge in [-0.25, -0.2) is 9.97 Å². The number of aryl methyl sites for hydroxylation is 1. The van der Waals surface area contributed by atoms with Crippen molar-refractivity contribution in [1.29, 1.82) is 0 Å². The maximum Gasteiger partial charge on any atom is 0.268 e. The Balaban J connectivity index is 2.17. The number of hydrogen-bond acceptors (Lipinski definition) is 4. The highest BCUT2D eigenvalue weighted by atomic mass is 35.5. The molecule has 2 aromatic heterocycles. The van der Waals surface area contributed by atoms with Crippen LogP contribution in [0.2, 0.25) is 10.2 Å². The predicted molar refractivity (Wildman–Crippen MR) is 69.1 cm³/mol. The number of amides is 1. The monoisotopic (exact) mass is 287 g/mol. The second-order valence-electron chi connectivity index (χ2n) is 3.24. The predicted octanol–water partition coefficient (Wildman–Crippen LogP) is 3.41. The van der Waals surface area contributed by atoms with Gasteiger partial charge in [0.15, 0.2) is 5.82 Å². The molecule has 0 aliphatic heterocycles. The van der Waals surface area contributed by atoms with Crippen LogP contribution in [0.1, 0.15) is 15.2 Å². The molecule has 0 saturated carbocycles. The van der Waals surface area contributed by atoms with Crippen LogP contribution < -0.4 is 5.32 Å². The molecule has 0 spiro atoms. The highest BCUT2D eigenvalue weighted by molar-refractivity contribution is 7.13. The molecule has 4 nitrogen and oxygen atoms in total. The third-order valence-electron chi connectivity index (χ3n) is 1.97. The van der Waals surface area contributed by atoms with Crippen molar-refractivity contribution in [3.8, 4) is 0 Å². The average Bonchev–Trinajstić information content (AvgIpc) is 2.63. The Kier molecular flexibility index (Phi) is 3.61. The van der Waals surface area contributed by atoms with Crippen molar-refractivity contribution >= 4 is 46.3 Å². The second-order valence-corrected chi connectivity index (χ2v) is 4.89. The SMILES string of the molecule is Cc1csc(C(=O)Nc2cnc(Cl)cn2)c1Cl. The number of hydrogen-bond donors (Lipinski definition) is 1. The summed E-state index contributed by atoms with van der Waals surface area (Å²) in [6, 6.07) is 0. The molecule has 0 aliphatic carbocycles. The minimum absolute atomic E-state index is 0.271. The van der Waals surface area contributed by atoms with Gasteiger partial charge in [-0.15, -0.1) is 11.3 Å². The van der Waals surface area contributed by atoms with Gasteiger partial charge in [0, 0.05) is 0 Å². The molecular weight excluding hydrogens is 281 g/mol. The number of rotatable bonds is 2. The van der Waals surface area contributed by atoms with E-state index in [1.165, 1.54) is 23.7 Å². The molecule has 0 fully saturated rings. The second kappa shape index (κ2) is 5.00. The average molecular weight is 288 g/mol. The zero-order chi connectivity index (χ0) is 12.4. The molecule has 0 unspecified atom stereocenters. The van der Waals surface area contributed by atoms with Crippen LogP contribution in [0.5, 0.6) is 0 Å². The van der Waals surface area contributed by atoms with Gasteiger partial charge in [0.1, 0.15) is 10.0 Å². The van der Waals surface area contributed by atoms with Crippen molar-refractivity contribution in [2.75, 3.05) is 5.32 Å². The number of anilines is 1. The molecule has 0 atom stereocenters. The fraction of sp³-hybridized carbons (Fsp3) is 0.100. The van der Waals surface area contributed by atoms with Crippen molar-refractivity contribution in [1.82, 2.24) is 9.97 Å². The molecule has 0 aliphatic rings. The van der Waals surface area contributed by atoms with E-state index in [0.717, 1.165) is 5.56 Å². The topological polar surface area (TPSA) is 54.9 Å². The van der Waals surface area contributed by atoms with Crippen molar-refractivity contribution < 1.29 is 4.79 Å². The normalized spacial score (nSPS) is 10.3. The first kappa shape index (κ1) is 12.3. The van der Waals surface area contributed by atoms with E-state index in [1.54, 1.807) is 0 Å². The fourth-order valence-electron chi connectivity index (χ4n) is 1.13. The van der Waals surface area contributed by atoms with Crippen molar-refractivity contribution in [3.05, 3.63) is 38.4 Å². The molecule has 17 heavy (non-hydrogen) atoms. The van der Waals surface area contributed by atoms with Crippen LogP contribution in [0.15, 0.2) is 17.8 Å². The number of nitrogens with one attached hydrogen (secondary N) is 1. The summed E-state index contributed by atoms with van der Waals surface area (Å²) in [5, 5.41) is 5.16. The summed E-state index contributed by atoms with van der Waals surface area (Å²) >= 11 is 12.9. The maximum absolute atomic E-state index is 11.8. The van der Waals surface area contributed by atoms with Gasteiger partial charge in [-0.2, -0.15) is 0 Å². The van der Waals surface area contributed by atoms with E-state index in [1.807, 2.05) is 12.3 Å². The number of halogens is 2. The molecule has 0 aromatic carbocycles. The minimum atomic E-state index is -0.301. The van der Waals surface area contributed by atoms with E-state index in [2.05, 4.69) is 15.3 Å². The third-order valence-corrected chi connectivity index (χ3v) is 3.86. The quantitative estimate of drug-likeness (QED) is 0.921. The Labute approximate surface area is 112 Å². The van der Waals surface area contributed by atoms with Gasteiger partial charge >= 0.3 is 0 Å². The highest BCUT2D eigenvalue weighted by Crippen LogP contribution is 2.27. The third kappa shape index (κ3) is 2.74. The van der Waals surface area contributed by atoms with E-state index in [-0.39, 0.29) is 11.1 Å². The summed E-state index contributed by atoms with van der Waals surface area (Å²) in [4.78, 5) is 20.0. The maximum atomic E-state index is 11.8. The van der Waals surface area contributed by atoms with Crippen molar-refractivity contribution in [2.24, 2.45) is 0 Å². The number of aromatic nitrogens is 2. The van der Waals surface area contributed by atoms with Crippen molar-refractivity contribution in [3.63, 3.8) is 0 Å². The number of carbonyl (C=O) groups is 1. The summed E-state index contributed by atoms with van der Waals surface area (Å²) < 4.78 is 0. The smallest absolute Gasteiger partial charge is 0.268 e. The molecule has 0 saturated heterocycles. The van der Waals surface area contributed by atoms with Crippen LogP contribution in [-0.4, -0.2) is 15.9 Å². The van der Waals surface area contributed by atoms with Gasteiger partial charge in [-0.3, -0.25) is 4.79 Å². The van der Waals surface area contributed by atoms with Gasteiger partial charge < -0.3 is 5.32 Å². The van der Waals surface area contributed by atoms with Crippen LogP contribution in [0, 0.1) is 6.92 Å². The first-order valence-corrected chi connectivity index (χ1v) is 6.24. The zero-order valence-electron chi connectivity index (χ0n) is 8.70. The molecule has 2 heterocycles. The van der Waals surface area contributed by atoms with E-state index in [9.17, 15) is 4.79 Å². The molecular formula is C10H7Cl2N3OS. The van der Waals surface area contributed by atoms with Crippen LogP contribution in [0.3, 0.4) is 0 Å². The number of thiophene rings is 1. The lowest BCUT2D eigenvalue weighted by molar-refractivity contribution is 0.103. The van der Waals surface area contributed by atoms with Gasteiger partial charge in [-0.1, -0.05) is 23.2 Å². The van der Waals surface area contributed by atoms with E-state index in [0.29, 0.717) is 15.7 Å². The van der Waals surface area contributed by atoms with Gasteiger partial charge in [0.05, 0.1) is 17.4 Å². The van der Waals surface area contributed by atoms with Crippen LogP contribution in [0.25, 0.3) is 0 Å². The lowest BCUT2D eigenvalue weighted by Crippen LogP contribution is -2.12. The number of carbonyl (C=O) groups excluding carboxylic acids is 1. The highest BCUT2D eigenvalue weighted by Gasteiger charge is 2.15. The fourth-order valence-corrected chi connectivity index (χ4v) is 2.40. The van der Waals surface area contributed by atoms with Crippen molar-refractivity contribution in [2.45, 2.75) is 6.92 Å². The molecule has 7 heteroatoms. The summed E-state index contributed by atoms with van der Waals surface area (Å²) in [5.74, 6) is 0.0336. The lowest BCUT2D eigenvalue weighted by Gasteiger charge is -2.02. The summed E-state index contributed by atoms with van der Waals surface area (Å²) in [5.41, 5.74) is 0.879. The van der Waals surface area contributed by atoms with Crippen LogP contribution in [-0.2, 0) is 0 Å². The standard InChI is InChI=1S/C10H7Cl2N3OS/c1-5-4-17-9(8(5)12)10(16)15-7-3-13-6(11)2-14-7/h2-4H,1H3,(H,14,15,16).